The third-order valence-corrected chi connectivity index (χ3v) is 2.75. The molecule has 0 amide bonds. The first-order chi connectivity index (χ1) is 7.22. The Morgan fingerprint density at radius 1 is 1.53 bits per heavy atom. The van der Waals surface area contributed by atoms with E-state index in [2.05, 4.69) is 20.9 Å². The number of ether oxygens (including phenoxy) is 1. The molecule has 5 heteroatoms. The first-order valence-corrected chi connectivity index (χ1v) is 5.38. The second-order valence-electron chi connectivity index (χ2n) is 3.24. The number of nitrogens with one attached hydrogen (secondary N) is 1. The maximum atomic E-state index is 11.6. The van der Waals surface area contributed by atoms with Crippen molar-refractivity contribution in [2.75, 3.05) is 13.7 Å². The fraction of sp³-hybridized carbons (Fsp3) is 0.300. The molecule has 0 unspecified atom stereocenters. The number of halogens is 1. The smallest absolute Gasteiger partial charge is 0.326 e. The van der Waals surface area contributed by atoms with E-state index in [0.717, 1.165) is 15.5 Å². The second kappa shape index (κ2) is 4.20. The number of benzene rings is 1. The molecule has 1 heterocycles. The zero-order valence-electron chi connectivity index (χ0n) is 8.29. The molecule has 0 aliphatic carbocycles. The van der Waals surface area contributed by atoms with Crippen LogP contribution in [0.1, 0.15) is 0 Å². The van der Waals surface area contributed by atoms with Crippen LogP contribution in [0.25, 0.3) is 11.0 Å². The fourth-order valence-corrected chi connectivity index (χ4v) is 1.88. The summed E-state index contributed by atoms with van der Waals surface area (Å²) in [6, 6.07) is 5.70. The van der Waals surface area contributed by atoms with Gasteiger partial charge in [-0.05, 0) is 18.2 Å². The van der Waals surface area contributed by atoms with Crippen molar-refractivity contribution in [3.63, 3.8) is 0 Å². The zero-order valence-corrected chi connectivity index (χ0v) is 9.87. The van der Waals surface area contributed by atoms with Crippen molar-refractivity contribution in [2.45, 2.75) is 6.54 Å². The molecule has 0 bridgehead atoms. The van der Waals surface area contributed by atoms with Gasteiger partial charge < -0.3 is 9.72 Å². The van der Waals surface area contributed by atoms with Gasteiger partial charge in [-0.3, -0.25) is 4.57 Å². The summed E-state index contributed by atoms with van der Waals surface area (Å²) in [5, 5.41) is 0. The van der Waals surface area contributed by atoms with Crippen molar-refractivity contribution in [1.29, 1.82) is 0 Å². The van der Waals surface area contributed by atoms with Crippen LogP contribution in [0.2, 0.25) is 0 Å². The third kappa shape index (κ3) is 1.98. The van der Waals surface area contributed by atoms with E-state index in [1.165, 1.54) is 0 Å². The standard InChI is InChI=1S/C10H11BrN2O2/c1-15-5-4-13-9-6-7(11)2-3-8(9)12-10(13)14/h2-3,6H,4-5H2,1H3,(H,12,14). The van der Waals surface area contributed by atoms with Gasteiger partial charge in [0.25, 0.3) is 0 Å². The van der Waals surface area contributed by atoms with E-state index in [0.29, 0.717) is 13.2 Å². The van der Waals surface area contributed by atoms with Gasteiger partial charge in [-0.2, -0.15) is 0 Å². The van der Waals surface area contributed by atoms with Crippen molar-refractivity contribution < 1.29 is 4.74 Å². The summed E-state index contributed by atoms with van der Waals surface area (Å²) in [6.45, 7) is 1.09. The predicted octanol–water partition coefficient (Wildman–Crippen LogP) is 1.74. The number of aromatic amines is 1. The van der Waals surface area contributed by atoms with Gasteiger partial charge in [-0.1, -0.05) is 15.9 Å². The van der Waals surface area contributed by atoms with Gasteiger partial charge in [0.15, 0.2) is 0 Å². The number of aromatic nitrogens is 2. The number of fused-ring (bicyclic) bond motifs is 1. The lowest BCUT2D eigenvalue weighted by Gasteiger charge is -2.01. The molecule has 0 radical (unpaired) electrons. The lowest BCUT2D eigenvalue weighted by molar-refractivity contribution is 0.187. The molecule has 2 aromatic rings. The summed E-state index contributed by atoms with van der Waals surface area (Å²) < 4.78 is 7.59. The van der Waals surface area contributed by atoms with E-state index in [1.54, 1.807) is 11.7 Å². The number of rotatable bonds is 3. The first kappa shape index (κ1) is 10.4. The fourth-order valence-electron chi connectivity index (χ4n) is 1.53. The number of methoxy groups -OCH3 is 1. The third-order valence-electron chi connectivity index (χ3n) is 2.26. The Labute approximate surface area is 95.0 Å². The van der Waals surface area contributed by atoms with Crippen LogP contribution in [0.4, 0.5) is 0 Å². The lowest BCUT2D eigenvalue weighted by atomic mass is 10.3. The molecule has 0 spiro atoms. The molecule has 80 valence electrons. The number of hydrogen-bond acceptors (Lipinski definition) is 2. The quantitative estimate of drug-likeness (QED) is 0.924. The van der Waals surface area contributed by atoms with Gasteiger partial charge in [0.1, 0.15) is 0 Å². The molecule has 0 saturated carbocycles. The predicted molar refractivity (Wildman–Crippen MR) is 62.1 cm³/mol. The van der Waals surface area contributed by atoms with Crippen molar-refractivity contribution in [1.82, 2.24) is 9.55 Å². The largest absolute Gasteiger partial charge is 0.383 e. The Morgan fingerprint density at radius 3 is 3.07 bits per heavy atom. The van der Waals surface area contributed by atoms with E-state index in [4.69, 9.17) is 4.74 Å². The minimum atomic E-state index is -0.0971. The molecule has 15 heavy (non-hydrogen) atoms. The maximum Gasteiger partial charge on any atom is 0.326 e. The highest BCUT2D eigenvalue weighted by Crippen LogP contribution is 2.16. The van der Waals surface area contributed by atoms with Crippen LogP contribution in [-0.2, 0) is 11.3 Å². The van der Waals surface area contributed by atoms with Crippen molar-refractivity contribution in [2.24, 2.45) is 0 Å². The highest BCUT2D eigenvalue weighted by atomic mass is 79.9. The molecular weight excluding hydrogens is 260 g/mol. The topological polar surface area (TPSA) is 47.0 Å². The molecule has 0 atom stereocenters. The highest BCUT2D eigenvalue weighted by molar-refractivity contribution is 9.10. The van der Waals surface area contributed by atoms with E-state index in [-0.39, 0.29) is 5.69 Å². The molecule has 0 aliphatic heterocycles. The van der Waals surface area contributed by atoms with Crippen molar-refractivity contribution in [3.05, 3.63) is 33.2 Å². The van der Waals surface area contributed by atoms with E-state index in [9.17, 15) is 4.79 Å². The number of nitrogens with zero attached hydrogens (tertiary/aromatic N) is 1. The Hall–Kier alpha value is -1.07. The van der Waals surface area contributed by atoms with Crippen LogP contribution >= 0.6 is 15.9 Å². The molecule has 1 aromatic heterocycles. The zero-order chi connectivity index (χ0) is 10.8. The Balaban J connectivity index is 2.55. The Bertz CT molecular complexity index is 530. The molecule has 4 nitrogen and oxygen atoms in total. The van der Waals surface area contributed by atoms with Gasteiger partial charge in [0.2, 0.25) is 0 Å². The second-order valence-corrected chi connectivity index (χ2v) is 4.15. The first-order valence-electron chi connectivity index (χ1n) is 4.59. The van der Waals surface area contributed by atoms with E-state index in [1.807, 2.05) is 18.2 Å². The molecule has 2 rings (SSSR count). The summed E-state index contributed by atoms with van der Waals surface area (Å²) in [5.41, 5.74) is 1.64. The lowest BCUT2D eigenvalue weighted by Crippen LogP contribution is -2.19. The molecule has 0 saturated heterocycles. The van der Waals surface area contributed by atoms with Crippen molar-refractivity contribution >= 4 is 27.0 Å². The Morgan fingerprint density at radius 2 is 2.33 bits per heavy atom. The van der Waals surface area contributed by atoms with Crippen LogP contribution < -0.4 is 5.69 Å². The summed E-state index contributed by atoms with van der Waals surface area (Å²) >= 11 is 3.38. The van der Waals surface area contributed by atoms with Crippen molar-refractivity contribution in [3.8, 4) is 0 Å². The summed E-state index contributed by atoms with van der Waals surface area (Å²) in [4.78, 5) is 14.4. The molecule has 1 N–H and O–H groups in total. The normalized spacial score (nSPS) is 11.1. The SMILES string of the molecule is COCCn1c(=O)[nH]c2ccc(Br)cc21. The van der Waals surface area contributed by atoms with Gasteiger partial charge in [0.05, 0.1) is 24.2 Å². The monoisotopic (exact) mass is 270 g/mol. The minimum Gasteiger partial charge on any atom is -0.383 e. The Kier molecular flexibility index (Phi) is 2.93. The maximum absolute atomic E-state index is 11.6. The van der Waals surface area contributed by atoms with E-state index >= 15 is 0 Å². The van der Waals surface area contributed by atoms with Crippen LogP contribution in [0.5, 0.6) is 0 Å². The van der Waals surface area contributed by atoms with Gasteiger partial charge in [-0.25, -0.2) is 4.79 Å². The summed E-state index contributed by atoms with van der Waals surface area (Å²) in [5.74, 6) is 0. The molecule has 0 fully saturated rings. The van der Waals surface area contributed by atoms with Crippen LogP contribution in [0.15, 0.2) is 27.5 Å². The number of H-pyrrole nitrogens is 1. The van der Waals surface area contributed by atoms with E-state index < -0.39 is 0 Å². The highest BCUT2D eigenvalue weighted by Gasteiger charge is 2.05. The molecular formula is C10H11BrN2O2. The summed E-state index contributed by atoms with van der Waals surface area (Å²) in [6.07, 6.45) is 0. The van der Waals surface area contributed by atoms with Gasteiger partial charge in [-0.15, -0.1) is 0 Å². The molecule has 0 aliphatic rings. The minimum absolute atomic E-state index is 0.0971. The average Bonchev–Trinajstić information content (AvgIpc) is 2.51. The number of imidazole rings is 1. The van der Waals surface area contributed by atoms with Crippen LogP contribution in [-0.4, -0.2) is 23.3 Å². The van der Waals surface area contributed by atoms with Crippen LogP contribution in [0.3, 0.4) is 0 Å². The number of hydrogen-bond donors (Lipinski definition) is 1. The average molecular weight is 271 g/mol. The molecule has 1 aromatic carbocycles. The van der Waals surface area contributed by atoms with Gasteiger partial charge in [0, 0.05) is 11.6 Å². The van der Waals surface area contributed by atoms with Crippen LogP contribution in [0, 0.1) is 0 Å². The van der Waals surface area contributed by atoms with Gasteiger partial charge >= 0.3 is 5.69 Å². The summed E-state index contributed by atoms with van der Waals surface area (Å²) in [7, 11) is 1.62.